The smallest absolute Gasteiger partial charge is 0.305 e. The number of ether oxygens (including phenoxy) is 1. The van der Waals surface area contributed by atoms with Crippen molar-refractivity contribution in [2.45, 2.75) is 223 Å². The molecule has 5 rings (SSSR count). The van der Waals surface area contributed by atoms with Crippen molar-refractivity contribution in [2.24, 2.45) is 33.6 Å². The SMILES string of the molecule is C=NOCCCCCCOc1cc2cc(c1)CSC[C@H](NC(=O)[C@H](CCCNC(=N)N)NC(C)=O)C(=O)N1CCC[C@H]1C(=O)N[C@@H](CCCC)C(=O)N[C@@H](CC(=O)O)C(=O)N[C@@H]([C@@H](C)CC)C(=O)N[C@@H](Cc1c[nH]c3ccccc13)C(=O)N[C@@H](C(C)C)C(=O)N[C@@H](CCCCN=O)C(=O)N[C@H](C(N)=O)CSC2. The summed E-state index contributed by atoms with van der Waals surface area (Å²) >= 11 is 2.50. The Kier molecular flexibility index (Phi) is 38.3. The van der Waals surface area contributed by atoms with E-state index in [4.69, 9.17) is 26.5 Å². The van der Waals surface area contributed by atoms with Crippen molar-refractivity contribution in [3.63, 3.8) is 0 Å². The van der Waals surface area contributed by atoms with Crippen LogP contribution >= 0.6 is 23.5 Å². The molecule has 107 heavy (non-hydrogen) atoms. The second-order valence-corrected chi connectivity index (χ2v) is 29.3. The Morgan fingerprint density at radius 1 is 0.738 bits per heavy atom. The van der Waals surface area contributed by atoms with E-state index in [-0.39, 0.29) is 106 Å². The van der Waals surface area contributed by atoms with E-state index in [0.29, 0.717) is 72.2 Å². The standard InChI is InChI=1S/C72H109N17O16S2/c1-8-10-22-52-64(95)83-55(36-59(91)92)67(98)88-61(43(5)9-2)70(101)84-54(35-47-37-78-50-23-14-13-21-49(47)50)66(97)87-60(42(3)4)69(100)82-53(24-15-16-28-79-103)65(96)85-56(62(73)93)40-106-38-45-32-46(34-48(33-45)104-30-17-11-12-18-31-105-76-7)39-107-41-57(71(102)89-29-20-26-58(89)68(99)81-52)86-63(94)51(80-44(6)90)25-19-27-77-72(74)75/h13-14,21,23,32-34,37,42-43,51-58,60-61,78H,7-12,15-20,22,24-31,35-36,38-41H2,1-6H3,(H2,73,93)(H,80,90)(H,81,99)(H,82,100)(H,83,95)(H,84,101)(H,85,96)(H,86,94)(H,87,97)(H,88,98)(H,91,92)(H4,74,75,77)/t43-,51-,52-,53-,54-,55-,56-,57-,58-,60-,61-/m0/s1. The predicted octanol–water partition coefficient (Wildman–Crippen LogP) is 2.89. The van der Waals surface area contributed by atoms with Gasteiger partial charge in [0.1, 0.15) is 72.8 Å². The Morgan fingerprint density at radius 3 is 2.00 bits per heavy atom. The topological polar surface area (TPSA) is 501 Å². The number of aliphatic carboxylic acids is 1. The van der Waals surface area contributed by atoms with Gasteiger partial charge in [0.15, 0.2) is 5.96 Å². The molecular formula is C72H109N17O16S2. The van der Waals surface area contributed by atoms with Crippen LogP contribution in [0.4, 0.5) is 0 Å². The highest BCUT2D eigenvalue weighted by molar-refractivity contribution is 7.98. The van der Waals surface area contributed by atoms with E-state index in [9.17, 15) is 62.8 Å². The molecular weight excluding hydrogens is 1420 g/mol. The Hall–Kier alpha value is -9.54. The van der Waals surface area contributed by atoms with E-state index in [1.54, 1.807) is 58.2 Å². The summed E-state index contributed by atoms with van der Waals surface area (Å²) in [5.74, 6) is -11.4. The maximum Gasteiger partial charge on any atom is 0.305 e. The van der Waals surface area contributed by atoms with Crippen molar-refractivity contribution in [1.29, 1.82) is 5.41 Å². The molecule has 0 unspecified atom stereocenters. The number of para-hydroxylation sites is 1. The minimum atomic E-state index is -1.85. The molecule has 2 bridgehead atoms. The van der Waals surface area contributed by atoms with Crippen LogP contribution in [0, 0.1) is 22.2 Å². The summed E-state index contributed by atoms with van der Waals surface area (Å²) in [6.45, 7) is 13.9. The molecule has 1 saturated heterocycles. The number of nitrogens with two attached hydrogens (primary N) is 2. The number of H-pyrrole nitrogens is 1. The third kappa shape index (κ3) is 30.0. The van der Waals surface area contributed by atoms with Crippen LogP contribution in [0.2, 0.25) is 0 Å². The number of carbonyl (C=O) groups is 12. The molecule has 0 spiro atoms. The van der Waals surface area contributed by atoms with Crippen LogP contribution < -0.4 is 69.4 Å². The summed E-state index contributed by atoms with van der Waals surface area (Å²) in [5.41, 5.74) is 14.2. The van der Waals surface area contributed by atoms with Gasteiger partial charge in [-0.15, -0.1) is 5.16 Å². The molecule has 0 aliphatic carbocycles. The van der Waals surface area contributed by atoms with Gasteiger partial charge in [0, 0.05) is 73.3 Å². The lowest BCUT2D eigenvalue weighted by atomic mass is 9.96. The summed E-state index contributed by atoms with van der Waals surface area (Å²) < 4.78 is 6.32. The highest BCUT2D eigenvalue weighted by Gasteiger charge is 2.42. The molecule has 0 radical (unpaired) electrons. The molecule has 3 heterocycles. The van der Waals surface area contributed by atoms with Crippen molar-refractivity contribution < 1.29 is 72.2 Å². The number of oxime groups is 1. The number of fused-ring (bicyclic) bond motifs is 4. The predicted molar refractivity (Wildman–Crippen MR) is 407 cm³/mol. The first kappa shape index (κ1) is 88.1. The van der Waals surface area contributed by atoms with Gasteiger partial charge < -0.3 is 89.2 Å². The molecule has 11 amide bonds. The Bertz CT molecular complexity index is 3530. The van der Waals surface area contributed by atoms with Gasteiger partial charge >= 0.3 is 5.97 Å². The zero-order valence-electron chi connectivity index (χ0n) is 62.0. The van der Waals surface area contributed by atoms with E-state index in [1.807, 2.05) is 25.1 Å². The number of amides is 11. The van der Waals surface area contributed by atoms with Crippen molar-refractivity contribution in [3.05, 3.63) is 70.3 Å². The minimum Gasteiger partial charge on any atom is -0.494 e. The number of guanidine groups is 1. The van der Waals surface area contributed by atoms with E-state index in [1.165, 1.54) is 35.3 Å². The van der Waals surface area contributed by atoms with Crippen LogP contribution in [0.5, 0.6) is 5.75 Å². The van der Waals surface area contributed by atoms with Gasteiger partial charge in [0.05, 0.1) is 19.6 Å². The molecule has 17 N–H and O–H groups in total. The Labute approximate surface area is 632 Å². The number of unbranched alkanes of at least 4 members (excludes halogenated alkanes) is 5. The monoisotopic (exact) mass is 1530 g/mol. The zero-order valence-corrected chi connectivity index (χ0v) is 63.7. The molecule has 590 valence electrons. The van der Waals surface area contributed by atoms with E-state index >= 15 is 4.79 Å². The molecule has 33 nitrogen and oxygen atoms in total. The maximum atomic E-state index is 15.2. The summed E-state index contributed by atoms with van der Waals surface area (Å²) in [6, 6.07) is -1.25. The van der Waals surface area contributed by atoms with Crippen molar-refractivity contribution in [1.82, 2.24) is 63.1 Å². The number of rotatable bonds is 32. The van der Waals surface area contributed by atoms with Crippen LogP contribution in [-0.2, 0) is 80.3 Å². The third-order valence-electron chi connectivity index (χ3n) is 18.3. The first-order valence-corrected chi connectivity index (χ1v) is 38.9. The van der Waals surface area contributed by atoms with Gasteiger partial charge in [0.25, 0.3) is 0 Å². The molecule has 0 saturated carbocycles. The lowest BCUT2D eigenvalue weighted by molar-refractivity contribution is -0.143. The number of carbonyl (C=O) groups excluding carboxylic acids is 11. The molecule has 2 aromatic carbocycles. The summed E-state index contributed by atoms with van der Waals surface area (Å²) in [6.07, 6.45) is 5.84. The maximum absolute atomic E-state index is 15.2. The number of thioether (sulfide) groups is 2. The average molecular weight is 1530 g/mol. The van der Waals surface area contributed by atoms with Crippen LogP contribution in [-0.4, -0.2) is 203 Å². The number of aromatic amines is 1. The molecule has 2 aliphatic heterocycles. The summed E-state index contributed by atoms with van der Waals surface area (Å²) in [4.78, 5) is 192. The number of nitroso groups, excluding NO2 is 1. The molecule has 2 aliphatic rings. The second-order valence-electron chi connectivity index (χ2n) is 27.2. The summed E-state index contributed by atoms with van der Waals surface area (Å²) in [7, 11) is 0. The van der Waals surface area contributed by atoms with Gasteiger partial charge in [-0.05, 0) is 124 Å². The van der Waals surface area contributed by atoms with Gasteiger partial charge in [-0.1, -0.05) is 83.3 Å². The Morgan fingerprint density at radius 2 is 1.36 bits per heavy atom. The number of carboxylic acid groups (broad SMARTS) is 1. The quantitative estimate of drug-likeness (QED) is 0.0140. The molecule has 1 aromatic heterocycles. The van der Waals surface area contributed by atoms with Crippen molar-refractivity contribution >= 4 is 118 Å². The van der Waals surface area contributed by atoms with E-state index in [2.05, 4.69) is 75.2 Å². The number of hydrogen-bond acceptors (Lipinski definition) is 20. The normalized spacial score (nSPS) is 22.1. The lowest BCUT2D eigenvalue weighted by Gasteiger charge is -2.31. The first-order chi connectivity index (χ1) is 51.2. The van der Waals surface area contributed by atoms with Crippen LogP contribution in [0.1, 0.15) is 161 Å². The number of primary amides is 1. The highest BCUT2D eigenvalue weighted by atomic mass is 32.2. The van der Waals surface area contributed by atoms with Gasteiger partial charge in [-0.2, -0.15) is 28.4 Å². The van der Waals surface area contributed by atoms with Crippen molar-refractivity contribution in [3.8, 4) is 5.75 Å². The summed E-state index contributed by atoms with van der Waals surface area (Å²) in [5, 5.41) is 51.9. The number of nitrogens with one attached hydrogen (secondary N) is 12. The molecule has 3 aromatic rings. The third-order valence-corrected chi connectivity index (χ3v) is 20.5. The Balaban J connectivity index is 1.62. The van der Waals surface area contributed by atoms with E-state index < -0.39 is 150 Å². The number of benzene rings is 2. The number of hydrogen-bond donors (Lipinski definition) is 15. The largest absolute Gasteiger partial charge is 0.494 e. The first-order valence-electron chi connectivity index (χ1n) is 36.6. The number of nitrogens with zero attached hydrogens (tertiary/aromatic N) is 3. The fraction of sp³-hybridized carbons (Fsp3) is 0.611. The molecule has 1 fully saturated rings. The number of carboxylic acids is 1. The van der Waals surface area contributed by atoms with Gasteiger partial charge in [0.2, 0.25) is 65.0 Å². The lowest BCUT2D eigenvalue weighted by Crippen LogP contribution is -2.62. The minimum absolute atomic E-state index is 0.00372. The second kappa shape index (κ2) is 46.5. The highest BCUT2D eigenvalue weighted by Crippen LogP contribution is 2.28. The van der Waals surface area contributed by atoms with Gasteiger partial charge in [-0.3, -0.25) is 62.9 Å². The molecule has 35 heteroatoms. The van der Waals surface area contributed by atoms with Crippen LogP contribution in [0.3, 0.4) is 0 Å². The zero-order chi connectivity index (χ0) is 78.5. The number of aromatic nitrogens is 1. The fourth-order valence-corrected chi connectivity index (χ4v) is 14.3. The average Bonchev–Trinajstić information content (AvgIpc) is 1.70. The molecule has 11 atom stereocenters. The van der Waals surface area contributed by atoms with Crippen LogP contribution in [0.25, 0.3) is 10.9 Å². The fourth-order valence-electron chi connectivity index (χ4n) is 12.3. The van der Waals surface area contributed by atoms with Gasteiger partial charge in [-0.25, -0.2) is 0 Å². The van der Waals surface area contributed by atoms with E-state index in [0.717, 1.165) is 19.3 Å². The van der Waals surface area contributed by atoms with Crippen molar-refractivity contribution in [2.75, 3.05) is 44.4 Å². The van der Waals surface area contributed by atoms with Crippen LogP contribution in [0.15, 0.2) is 59.0 Å².